The number of hydrogen-bond acceptors (Lipinski definition) is 5. The third-order valence-corrected chi connectivity index (χ3v) is 6.95. The third kappa shape index (κ3) is 6.15. The Hall–Kier alpha value is -3.58. The molecular formula is C29H32N4O2S. The van der Waals surface area contributed by atoms with Gasteiger partial charge in [-0.2, -0.15) is 0 Å². The van der Waals surface area contributed by atoms with Crippen molar-refractivity contribution in [3.05, 3.63) is 83.9 Å². The number of amides is 1. The molecule has 186 valence electrons. The summed E-state index contributed by atoms with van der Waals surface area (Å²) in [6.07, 6.45) is 1.09. The summed E-state index contributed by atoms with van der Waals surface area (Å²) in [6, 6.07) is 24.1. The van der Waals surface area contributed by atoms with E-state index in [0.717, 1.165) is 40.5 Å². The average molecular weight is 501 g/mol. The number of hydrogen-bond donors (Lipinski definition) is 1. The molecule has 0 aliphatic carbocycles. The lowest BCUT2D eigenvalue weighted by atomic mass is 9.99. The first-order valence-corrected chi connectivity index (χ1v) is 13.2. The maximum atomic E-state index is 12.7. The molecule has 36 heavy (non-hydrogen) atoms. The van der Waals surface area contributed by atoms with Crippen molar-refractivity contribution >= 4 is 23.4 Å². The van der Waals surface area contributed by atoms with E-state index >= 15 is 0 Å². The second-order valence-electron chi connectivity index (χ2n) is 8.71. The number of nitrogens with one attached hydrogen (secondary N) is 1. The van der Waals surface area contributed by atoms with Gasteiger partial charge < -0.3 is 10.1 Å². The van der Waals surface area contributed by atoms with Crippen LogP contribution >= 0.6 is 11.8 Å². The second-order valence-corrected chi connectivity index (χ2v) is 9.65. The van der Waals surface area contributed by atoms with E-state index < -0.39 is 0 Å². The molecule has 1 N–H and O–H groups in total. The Morgan fingerprint density at radius 3 is 2.44 bits per heavy atom. The van der Waals surface area contributed by atoms with Crippen LogP contribution in [0.25, 0.3) is 17.1 Å². The highest BCUT2D eigenvalue weighted by molar-refractivity contribution is 7.99. The molecule has 0 fully saturated rings. The van der Waals surface area contributed by atoms with Gasteiger partial charge in [-0.05, 0) is 74.2 Å². The Labute approximate surface area is 217 Å². The van der Waals surface area contributed by atoms with E-state index in [0.29, 0.717) is 17.7 Å². The van der Waals surface area contributed by atoms with Crippen LogP contribution in [0.3, 0.4) is 0 Å². The molecule has 0 unspecified atom stereocenters. The predicted molar refractivity (Wildman–Crippen MR) is 147 cm³/mol. The first-order chi connectivity index (χ1) is 17.5. The van der Waals surface area contributed by atoms with Gasteiger partial charge in [0.05, 0.1) is 12.4 Å². The Morgan fingerprint density at radius 1 is 1.03 bits per heavy atom. The maximum Gasteiger partial charge on any atom is 0.234 e. The van der Waals surface area contributed by atoms with Crippen molar-refractivity contribution in [1.29, 1.82) is 0 Å². The van der Waals surface area contributed by atoms with Crippen molar-refractivity contribution in [3.63, 3.8) is 0 Å². The molecule has 6 nitrogen and oxygen atoms in total. The first kappa shape index (κ1) is 25.5. The SMILES string of the molecule is CCOc1ccc(-n2c(SCC(=O)Nc3ccc([C@H](C)CC)cc3)nnc2-c2cccc(C)c2)cc1. The summed E-state index contributed by atoms with van der Waals surface area (Å²) in [5.74, 6) is 2.16. The molecule has 0 aliphatic rings. The Kier molecular flexibility index (Phi) is 8.44. The molecule has 0 aliphatic heterocycles. The standard InChI is InChI=1S/C29H32N4O2S/c1-5-21(4)22-10-12-24(13-11-22)30-27(34)19-36-29-32-31-28(23-9-7-8-20(3)18-23)33(29)25-14-16-26(17-15-25)35-6-2/h7-18,21H,5-6,19H2,1-4H3,(H,30,34)/t21-/m1/s1. The van der Waals surface area contributed by atoms with Crippen molar-refractivity contribution < 1.29 is 9.53 Å². The quantitative estimate of drug-likeness (QED) is 0.240. The van der Waals surface area contributed by atoms with E-state index in [4.69, 9.17) is 4.74 Å². The fraction of sp³-hybridized carbons (Fsp3) is 0.276. The number of carbonyl (C=O) groups excluding carboxylic acids is 1. The molecule has 1 aromatic heterocycles. The molecular weight excluding hydrogens is 468 g/mol. The monoisotopic (exact) mass is 500 g/mol. The zero-order valence-corrected chi connectivity index (χ0v) is 22.0. The van der Waals surface area contributed by atoms with Crippen molar-refractivity contribution in [2.75, 3.05) is 17.7 Å². The highest BCUT2D eigenvalue weighted by atomic mass is 32.2. The minimum atomic E-state index is -0.0883. The summed E-state index contributed by atoms with van der Waals surface area (Å²) in [5, 5.41) is 12.6. The molecule has 1 heterocycles. The molecule has 4 aromatic rings. The third-order valence-electron chi connectivity index (χ3n) is 6.02. The van der Waals surface area contributed by atoms with Crippen LogP contribution in [0.15, 0.2) is 78.0 Å². The van der Waals surface area contributed by atoms with Crippen molar-refractivity contribution in [2.24, 2.45) is 0 Å². The number of thioether (sulfide) groups is 1. The Morgan fingerprint density at radius 2 is 1.78 bits per heavy atom. The van der Waals surface area contributed by atoms with Crippen LogP contribution < -0.4 is 10.1 Å². The number of nitrogens with zero attached hydrogens (tertiary/aromatic N) is 3. The summed E-state index contributed by atoms with van der Waals surface area (Å²) in [5.41, 5.74) is 5.08. The van der Waals surface area contributed by atoms with Crippen LogP contribution in [-0.4, -0.2) is 33.0 Å². The van der Waals surface area contributed by atoms with Gasteiger partial charge in [-0.1, -0.05) is 61.5 Å². The summed E-state index contributed by atoms with van der Waals surface area (Å²) >= 11 is 1.36. The zero-order valence-electron chi connectivity index (χ0n) is 21.2. The van der Waals surface area contributed by atoms with E-state index in [-0.39, 0.29) is 11.7 Å². The van der Waals surface area contributed by atoms with Gasteiger partial charge in [-0.15, -0.1) is 10.2 Å². The zero-order chi connectivity index (χ0) is 25.5. The fourth-order valence-corrected chi connectivity index (χ4v) is 4.64. The molecule has 3 aromatic carbocycles. The number of aryl methyl sites for hydroxylation is 1. The average Bonchev–Trinajstić information content (AvgIpc) is 3.32. The molecule has 7 heteroatoms. The number of ether oxygens (including phenoxy) is 1. The lowest BCUT2D eigenvalue weighted by Gasteiger charge is -2.12. The van der Waals surface area contributed by atoms with Gasteiger partial charge in [-0.25, -0.2) is 0 Å². The molecule has 1 atom stereocenters. The Bertz CT molecular complexity index is 1300. The highest BCUT2D eigenvalue weighted by Crippen LogP contribution is 2.29. The second kappa shape index (κ2) is 11.9. The van der Waals surface area contributed by atoms with E-state index in [1.54, 1.807) is 0 Å². The van der Waals surface area contributed by atoms with E-state index in [1.807, 2.05) is 60.0 Å². The van der Waals surface area contributed by atoms with Gasteiger partial charge in [0.15, 0.2) is 11.0 Å². The Balaban J connectivity index is 1.54. The summed E-state index contributed by atoms with van der Waals surface area (Å²) < 4.78 is 7.59. The molecule has 0 radical (unpaired) electrons. The van der Waals surface area contributed by atoms with E-state index in [9.17, 15) is 4.79 Å². The fourth-order valence-electron chi connectivity index (χ4n) is 3.88. The molecule has 0 bridgehead atoms. The minimum Gasteiger partial charge on any atom is -0.494 e. The molecule has 0 spiro atoms. The number of rotatable bonds is 10. The van der Waals surface area contributed by atoms with E-state index in [1.165, 1.54) is 17.3 Å². The van der Waals surface area contributed by atoms with Crippen molar-refractivity contribution in [2.45, 2.75) is 45.2 Å². The van der Waals surface area contributed by atoms with Crippen molar-refractivity contribution in [1.82, 2.24) is 14.8 Å². The first-order valence-electron chi connectivity index (χ1n) is 12.3. The molecule has 0 saturated heterocycles. The largest absolute Gasteiger partial charge is 0.494 e. The maximum absolute atomic E-state index is 12.7. The number of anilines is 1. The van der Waals surface area contributed by atoms with Gasteiger partial charge in [0.25, 0.3) is 0 Å². The molecule has 4 rings (SSSR count). The van der Waals surface area contributed by atoms with Crippen molar-refractivity contribution in [3.8, 4) is 22.8 Å². The lowest BCUT2D eigenvalue weighted by Crippen LogP contribution is -2.14. The highest BCUT2D eigenvalue weighted by Gasteiger charge is 2.18. The van der Waals surface area contributed by atoms with Crippen LogP contribution in [-0.2, 0) is 4.79 Å². The van der Waals surface area contributed by atoms with Crippen LogP contribution in [0.4, 0.5) is 5.69 Å². The number of carbonyl (C=O) groups is 1. The van der Waals surface area contributed by atoms with Gasteiger partial charge in [0.1, 0.15) is 5.75 Å². The topological polar surface area (TPSA) is 69.0 Å². The van der Waals surface area contributed by atoms with Crippen LogP contribution in [0.2, 0.25) is 0 Å². The normalized spacial score (nSPS) is 11.8. The summed E-state index contributed by atoms with van der Waals surface area (Å²) in [6.45, 7) is 9.00. The van der Waals surface area contributed by atoms with Crippen LogP contribution in [0.5, 0.6) is 5.75 Å². The summed E-state index contributed by atoms with van der Waals surface area (Å²) in [4.78, 5) is 12.7. The lowest BCUT2D eigenvalue weighted by molar-refractivity contribution is -0.113. The minimum absolute atomic E-state index is 0.0883. The molecule has 0 saturated carbocycles. The smallest absolute Gasteiger partial charge is 0.234 e. The predicted octanol–water partition coefficient (Wildman–Crippen LogP) is 6.89. The van der Waals surface area contributed by atoms with Gasteiger partial charge in [-0.3, -0.25) is 9.36 Å². The van der Waals surface area contributed by atoms with Crippen LogP contribution in [0.1, 0.15) is 44.2 Å². The summed E-state index contributed by atoms with van der Waals surface area (Å²) in [7, 11) is 0. The van der Waals surface area contributed by atoms with Gasteiger partial charge in [0.2, 0.25) is 5.91 Å². The number of benzene rings is 3. The van der Waals surface area contributed by atoms with Gasteiger partial charge >= 0.3 is 0 Å². The van der Waals surface area contributed by atoms with E-state index in [2.05, 4.69) is 60.6 Å². The molecule has 1 amide bonds. The van der Waals surface area contributed by atoms with Crippen LogP contribution in [0, 0.1) is 6.92 Å². The number of aromatic nitrogens is 3. The van der Waals surface area contributed by atoms with Gasteiger partial charge in [0, 0.05) is 16.9 Å².